The molecule has 0 bridgehead atoms. The van der Waals surface area contributed by atoms with Gasteiger partial charge in [0.05, 0.1) is 24.0 Å². The topological polar surface area (TPSA) is 66.9 Å². The first-order chi connectivity index (χ1) is 17.6. The number of amides is 1. The number of carbonyl (C=O) groups excluding carboxylic acids is 1. The number of nitrogens with zero attached hydrogens (tertiary/aromatic N) is 3. The van der Waals surface area contributed by atoms with Crippen LogP contribution in [0.3, 0.4) is 0 Å². The molecule has 1 aromatic carbocycles. The molecule has 1 amide bonds. The van der Waals surface area contributed by atoms with Crippen LogP contribution in [0, 0.1) is 5.95 Å². The number of carbonyl (C=O) groups is 1. The smallest absolute Gasteiger partial charge is 0.260 e. The molecule has 1 spiro atoms. The maximum Gasteiger partial charge on any atom is 0.260 e. The van der Waals surface area contributed by atoms with Crippen LogP contribution in [0.4, 0.5) is 10.1 Å². The van der Waals surface area contributed by atoms with Gasteiger partial charge in [-0.3, -0.25) is 4.79 Å². The highest BCUT2D eigenvalue weighted by Crippen LogP contribution is 2.39. The molecule has 4 fully saturated rings. The summed E-state index contributed by atoms with van der Waals surface area (Å²) in [7, 11) is 0. The van der Waals surface area contributed by atoms with E-state index in [0.717, 1.165) is 69.2 Å². The van der Waals surface area contributed by atoms with Gasteiger partial charge in [0.15, 0.2) is 6.10 Å². The fourth-order valence-electron chi connectivity index (χ4n) is 5.98. The highest BCUT2D eigenvalue weighted by atomic mass is 19.1. The second kappa shape index (κ2) is 10.1. The highest BCUT2D eigenvalue weighted by molar-refractivity contribution is 5.98. The second-order valence-electron chi connectivity index (χ2n) is 10.7. The number of pyridine rings is 1. The number of piperidine rings is 2. The normalized spacial score (nSPS) is 25.6. The number of nitrogens with one attached hydrogen (secondary N) is 1. The quantitative estimate of drug-likeness (QED) is 0.637. The Morgan fingerprint density at radius 3 is 2.42 bits per heavy atom. The van der Waals surface area contributed by atoms with Gasteiger partial charge in [-0.2, -0.15) is 4.39 Å². The van der Waals surface area contributed by atoms with Crippen molar-refractivity contribution in [2.24, 2.45) is 0 Å². The van der Waals surface area contributed by atoms with Crippen molar-refractivity contribution in [2.75, 3.05) is 37.6 Å². The molecule has 1 unspecified atom stereocenters. The van der Waals surface area contributed by atoms with Crippen molar-refractivity contribution in [3.8, 4) is 5.75 Å². The highest BCUT2D eigenvalue weighted by Gasteiger charge is 2.46. The lowest BCUT2D eigenvalue weighted by Gasteiger charge is -2.47. The van der Waals surface area contributed by atoms with E-state index in [0.29, 0.717) is 12.2 Å². The van der Waals surface area contributed by atoms with E-state index in [2.05, 4.69) is 15.2 Å². The number of benzene rings is 1. The molecule has 7 nitrogen and oxygen atoms in total. The molecular formula is C28H35FN4O3. The van der Waals surface area contributed by atoms with E-state index in [4.69, 9.17) is 9.47 Å². The average Bonchev–Trinajstić information content (AvgIpc) is 2.87. The molecule has 1 saturated carbocycles. The third-order valence-corrected chi connectivity index (χ3v) is 8.40. The van der Waals surface area contributed by atoms with E-state index in [1.54, 1.807) is 11.0 Å². The summed E-state index contributed by atoms with van der Waals surface area (Å²) in [5, 5.41) is 3.38. The van der Waals surface area contributed by atoms with Gasteiger partial charge in [0, 0.05) is 19.1 Å². The lowest BCUT2D eigenvalue weighted by molar-refractivity contribution is -0.161. The van der Waals surface area contributed by atoms with Crippen LogP contribution in [0.2, 0.25) is 0 Å². The van der Waals surface area contributed by atoms with Crippen molar-refractivity contribution in [2.45, 2.75) is 68.8 Å². The Labute approximate surface area is 212 Å². The SMILES string of the molecule is O=C1C(c2ccc(OC3CCN(C4CCC4)CC3)cc2)OC2(CCNCC2)CN1c1ccc(F)nc1. The van der Waals surface area contributed by atoms with E-state index in [1.165, 1.54) is 31.5 Å². The Kier molecular flexibility index (Phi) is 6.67. The molecule has 1 atom stereocenters. The fraction of sp³-hybridized carbons (Fsp3) is 0.571. The predicted octanol–water partition coefficient (Wildman–Crippen LogP) is 3.84. The molecule has 8 heteroatoms. The predicted molar refractivity (Wildman–Crippen MR) is 135 cm³/mol. The van der Waals surface area contributed by atoms with Crippen LogP contribution in [0.25, 0.3) is 0 Å². The van der Waals surface area contributed by atoms with E-state index in [-0.39, 0.29) is 12.0 Å². The van der Waals surface area contributed by atoms with Crippen LogP contribution < -0.4 is 15.0 Å². The first kappa shape index (κ1) is 23.8. The monoisotopic (exact) mass is 494 g/mol. The minimum Gasteiger partial charge on any atom is -0.490 e. The molecule has 36 heavy (non-hydrogen) atoms. The first-order valence-corrected chi connectivity index (χ1v) is 13.4. The lowest BCUT2D eigenvalue weighted by atomic mass is 9.88. The number of rotatable bonds is 5. The molecule has 3 saturated heterocycles. The maximum absolute atomic E-state index is 13.6. The number of hydrogen-bond acceptors (Lipinski definition) is 6. The van der Waals surface area contributed by atoms with Crippen LogP contribution >= 0.6 is 0 Å². The summed E-state index contributed by atoms with van der Waals surface area (Å²) in [6.07, 6.45) is 8.74. The van der Waals surface area contributed by atoms with Crippen LogP contribution in [0.15, 0.2) is 42.6 Å². The number of aromatic nitrogens is 1. The van der Waals surface area contributed by atoms with Crippen LogP contribution in [-0.2, 0) is 9.53 Å². The molecular weight excluding hydrogens is 459 g/mol. The van der Waals surface area contributed by atoms with Crippen molar-refractivity contribution in [3.05, 3.63) is 54.1 Å². The summed E-state index contributed by atoms with van der Waals surface area (Å²) in [4.78, 5) is 21.7. The molecule has 192 valence electrons. The Bertz CT molecular complexity index is 1050. The molecule has 1 aliphatic carbocycles. The number of anilines is 1. The van der Waals surface area contributed by atoms with Gasteiger partial charge >= 0.3 is 0 Å². The fourth-order valence-corrected chi connectivity index (χ4v) is 5.98. The van der Waals surface area contributed by atoms with Crippen LogP contribution in [0.1, 0.15) is 56.6 Å². The van der Waals surface area contributed by atoms with E-state index >= 15 is 0 Å². The summed E-state index contributed by atoms with van der Waals surface area (Å²) >= 11 is 0. The summed E-state index contributed by atoms with van der Waals surface area (Å²) < 4.78 is 26.3. The van der Waals surface area contributed by atoms with Crippen molar-refractivity contribution in [3.63, 3.8) is 0 Å². The van der Waals surface area contributed by atoms with Gasteiger partial charge in [-0.15, -0.1) is 0 Å². The van der Waals surface area contributed by atoms with Crippen molar-refractivity contribution >= 4 is 11.6 Å². The molecule has 6 rings (SSSR count). The summed E-state index contributed by atoms with van der Waals surface area (Å²) in [6, 6.07) is 11.5. The van der Waals surface area contributed by atoms with Gasteiger partial charge in [-0.25, -0.2) is 4.98 Å². The molecule has 2 aromatic rings. The summed E-state index contributed by atoms with van der Waals surface area (Å²) in [5.41, 5.74) is 0.965. The van der Waals surface area contributed by atoms with Gasteiger partial charge in [0.2, 0.25) is 5.95 Å². The number of morpholine rings is 1. The van der Waals surface area contributed by atoms with Gasteiger partial charge < -0.3 is 24.6 Å². The van der Waals surface area contributed by atoms with Gasteiger partial charge in [-0.1, -0.05) is 18.6 Å². The van der Waals surface area contributed by atoms with Crippen molar-refractivity contribution in [1.29, 1.82) is 0 Å². The van der Waals surface area contributed by atoms with Crippen molar-refractivity contribution in [1.82, 2.24) is 15.2 Å². The zero-order chi connectivity index (χ0) is 24.5. The Morgan fingerprint density at radius 1 is 1.03 bits per heavy atom. The average molecular weight is 495 g/mol. The Hall–Kier alpha value is -2.55. The van der Waals surface area contributed by atoms with Gasteiger partial charge in [0.25, 0.3) is 5.91 Å². The van der Waals surface area contributed by atoms with E-state index in [1.807, 2.05) is 24.3 Å². The van der Waals surface area contributed by atoms with Crippen LogP contribution in [0.5, 0.6) is 5.75 Å². The van der Waals surface area contributed by atoms with Gasteiger partial charge in [-0.05, 0) is 81.4 Å². The summed E-state index contributed by atoms with van der Waals surface area (Å²) in [5.74, 6) is 0.127. The minimum absolute atomic E-state index is 0.149. The first-order valence-electron chi connectivity index (χ1n) is 13.4. The van der Waals surface area contributed by atoms with E-state index in [9.17, 15) is 9.18 Å². The molecule has 1 aromatic heterocycles. The standard InChI is InChI=1S/C28H35FN4O3/c29-25-9-6-22(18-31-25)33-19-28(12-14-30-15-13-28)36-26(27(33)34)20-4-7-23(8-5-20)35-24-10-16-32(17-11-24)21-2-1-3-21/h4-9,18,21,24,26,30H,1-3,10-17,19H2. The second-order valence-corrected chi connectivity index (χ2v) is 10.7. The lowest BCUT2D eigenvalue weighted by Crippen LogP contribution is -2.59. The number of likely N-dealkylation sites (tertiary alicyclic amines) is 1. The third kappa shape index (κ3) is 4.86. The van der Waals surface area contributed by atoms with Crippen molar-refractivity contribution < 1.29 is 18.7 Å². The number of halogens is 1. The Morgan fingerprint density at radius 2 is 1.78 bits per heavy atom. The molecule has 4 aliphatic rings. The number of ether oxygens (including phenoxy) is 2. The zero-order valence-corrected chi connectivity index (χ0v) is 20.7. The molecule has 0 radical (unpaired) electrons. The molecule has 3 aliphatic heterocycles. The maximum atomic E-state index is 13.6. The Balaban J connectivity index is 1.16. The largest absolute Gasteiger partial charge is 0.490 e. The van der Waals surface area contributed by atoms with Crippen LogP contribution in [-0.4, -0.2) is 66.3 Å². The molecule has 1 N–H and O–H groups in total. The zero-order valence-electron chi connectivity index (χ0n) is 20.7. The minimum atomic E-state index is -0.721. The molecule has 4 heterocycles. The van der Waals surface area contributed by atoms with E-state index < -0.39 is 17.7 Å². The summed E-state index contributed by atoms with van der Waals surface area (Å²) in [6.45, 7) is 4.34. The number of hydrogen-bond donors (Lipinski definition) is 1. The third-order valence-electron chi connectivity index (χ3n) is 8.40. The van der Waals surface area contributed by atoms with Gasteiger partial charge in [0.1, 0.15) is 11.9 Å².